The zero-order valence-corrected chi connectivity index (χ0v) is 11.1. The molecule has 3 rings (SSSR count). The molecule has 5 N–H and O–H groups in total. The lowest BCUT2D eigenvalue weighted by Gasteiger charge is -2.01. The molecular formula is C14H11N3O2S. The highest BCUT2D eigenvalue weighted by atomic mass is 32.1. The molecule has 0 spiro atoms. The molecule has 0 fully saturated rings. The van der Waals surface area contributed by atoms with Crippen molar-refractivity contribution < 1.29 is 9.90 Å². The molecule has 1 amide bonds. The Balaban J connectivity index is 2.15. The minimum Gasteiger partial charge on any atom is -0.508 e. The lowest BCUT2D eigenvalue weighted by atomic mass is 10.1. The van der Waals surface area contributed by atoms with Crippen LogP contribution in [-0.4, -0.2) is 16.0 Å². The van der Waals surface area contributed by atoms with Gasteiger partial charge in [-0.15, -0.1) is 11.3 Å². The summed E-state index contributed by atoms with van der Waals surface area (Å²) in [7, 11) is 0. The summed E-state index contributed by atoms with van der Waals surface area (Å²) in [5.41, 5.74) is 13.2. The number of benzene rings is 1. The Morgan fingerprint density at radius 3 is 2.50 bits per heavy atom. The van der Waals surface area contributed by atoms with E-state index in [0.29, 0.717) is 15.4 Å². The largest absolute Gasteiger partial charge is 0.508 e. The van der Waals surface area contributed by atoms with Crippen LogP contribution in [0.1, 0.15) is 9.67 Å². The molecule has 2 heterocycles. The average molecular weight is 285 g/mol. The number of aromatic hydroxyl groups is 1. The highest BCUT2D eigenvalue weighted by Gasteiger charge is 2.15. The predicted octanol–water partition coefficient (Wildman–Crippen LogP) is 2.35. The minimum absolute atomic E-state index is 0.200. The van der Waals surface area contributed by atoms with Gasteiger partial charge in [-0.05, 0) is 36.4 Å². The Morgan fingerprint density at radius 1 is 1.15 bits per heavy atom. The molecule has 0 bridgehead atoms. The van der Waals surface area contributed by atoms with E-state index in [4.69, 9.17) is 11.5 Å². The minimum atomic E-state index is -0.545. The van der Waals surface area contributed by atoms with Crippen LogP contribution in [-0.2, 0) is 0 Å². The first-order valence-electron chi connectivity index (χ1n) is 5.84. The fourth-order valence-corrected chi connectivity index (χ4v) is 2.92. The number of nitrogens with two attached hydrogens (primary N) is 2. The molecule has 1 aromatic carbocycles. The third-order valence-electron chi connectivity index (χ3n) is 2.98. The summed E-state index contributed by atoms with van der Waals surface area (Å²) in [6.45, 7) is 0. The lowest BCUT2D eigenvalue weighted by Crippen LogP contribution is -2.10. The molecule has 0 aliphatic carbocycles. The number of primary amides is 1. The highest BCUT2D eigenvalue weighted by Crippen LogP contribution is 2.33. The van der Waals surface area contributed by atoms with Crippen molar-refractivity contribution in [2.75, 3.05) is 5.73 Å². The van der Waals surface area contributed by atoms with Crippen LogP contribution >= 0.6 is 11.3 Å². The maximum Gasteiger partial charge on any atom is 0.260 e. The number of aromatic nitrogens is 1. The normalized spacial score (nSPS) is 10.8. The number of fused-ring (bicyclic) bond motifs is 1. The third kappa shape index (κ3) is 1.96. The van der Waals surface area contributed by atoms with Gasteiger partial charge < -0.3 is 16.6 Å². The summed E-state index contributed by atoms with van der Waals surface area (Å²) in [5.74, 6) is -0.345. The number of phenolic OH excluding ortho intramolecular Hbond substituents is 1. The molecule has 6 heteroatoms. The molecule has 5 nitrogen and oxygen atoms in total. The highest BCUT2D eigenvalue weighted by molar-refractivity contribution is 7.21. The van der Waals surface area contributed by atoms with E-state index in [0.717, 1.165) is 16.6 Å². The van der Waals surface area contributed by atoms with Gasteiger partial charge in [0.1, 0.15) is 15.5 Å². The number of nitrogen functional groups attached to an aromatic ring is 1. The molecule has 2 aromatic heterocycles. The van der Waals surface area contributed by atoms with E-state index in [9.17, 15) is 9.90 Å². The van der Waals surface area contributed by atoms with Crippen LogP contribution in [0.15, 0.2) is 36.4 Å². The molecule has 0 unspecified atom stereocenters. The van der Waals surface area contributed by atoms with E-state index in [2.05, 4.69) is 4.98 Å². The van der Waals surface area contributed by atoms with Crippen LogP contribution in [0.4, 0.5) is 5.69 Å². The van der Waals surface area contributed by atoms with Gasteiger partial charge in [-0.1, -0.05) is 0 Å². The van der Waals surface area contributed by atoms with Gasteiger partial charge in [-0.25, -0.2) is 4.98 Å². The summed E-state index contributed by atoms with van der Waals surface area (Å²) in [4.78, 5) is 16.8. The van der Waals surface area contributed by atoms with Crippen molar-refractivity contribution in [3.8, 4) is 17.0 Å². The Bertz CT molecular complexity index is 809. The van der Waals surface area contributed by atoms with Crippen molar-refractivity contribution in [2.24, 2.45) is 5.73 Å². The second kappa shape index (κ2) is 4.50. The molecule has 0 aliphatic rings. The number of pyridine rings is 1. The molecule has 100 valence electrons. The fraction of sp³-hybridized carbons (Fsp3) is 0. The predicted molar refractivity (Wildman–Crippen MR) is 79.7 cm³/mol. The second-order valence-corrected chi connectivity index (χ2v) is 5.30. The van der Waals surface area contributed by atoms with Gasteiger partial charge in [-0.2, -0.15) is 0 Å². The number of hydrogen-bond acceptors (Lipinski definition) is 5. The molecule has 0 saturated carbocycles. The van der Waals surface area contributed by atoms with Gasteiger partial charge in [0, 0.05) is 10.9 Å². The summed E-state index contributed by atoms with van der Waals surface area (Å²) >= 11 is 1.18. The zero-order chi connectivity index (χ0) is 14.3. The number of carbonyl (C=O) groups excluding carboxylic acids is 1. The van der Waals surface area contributed by atoms with Gasteiger partial charge in [0.25, 0.3) is 5.91 Å². The molecule has 0 radical (unpaired) electrons. The Labute approximate surface area is 118 Å². The number of nitrogens with zero attached hydrogens (tertiary/aromatic N) is 1. The van der Waals surface area contributed by atoms with Crippen molar-refractivity contribution in [3.05, 3.63) is 41.3 Å². The fourth-order valence-electron chi connectivity index (χ4n) is 1.97. The number of phenols is 1. The smallest absolute Gasteiger partial charge is 0.260 e. The number of hydrogen-bond donors (Lipinski definition) is 3. The maximum atomic E-state index is 11.3. The van der Waals surface area contributed by atoms with Crippen molar-refractivity contribution in [1.82, 2.24) is 4.98 Å². The monoisotopic (exact) mass is 285 g/mol. The van der Waals surface area contributed by atoms with Crippen LogP contribution in [0.25, 0.3) is 21.5 Å². The van der Waals surface area contributed by atoms with E-state index >= 15 is 0 Å². The number of carbonyl (C=O) groups is 1. The van der Waals surface area contributed by atoms with Crippen LogP contribution in [0.2, 0.25) is 0 Å². The van der Waals surface area contributed by atoms with Gasteiger partial charge in [0.15, 0.2) is 0 Å². The Hall–Kier alpha value is -2.60. The molecule has 0 atom stereocenters. The summed E-state index contributed by atoms with van der Waals surface area (Å²) in [5, 5.41) is 10.0. The second-order valence-electron chi connectivity index (χ2n) is 4.31. The van der Waals surface area contributed by atoms with Crippen molar-refractivity contribution in [2.45, 2.75) is 0 Å². The van der Waals surface area contributed by atoms with Crippen LogP contribution < -0.4 is 11.5 Å². The van der Waals surface area contributed by atoms with Gasteiger partial charge in [0.2, 0.25) is 0 Å². The van der Waals surface area contributed by atoms with Gasteiger partial charge in [0.05, 0.1) is 11.4 Å². The maximum absolute atomic E-state index is 11.3. The molecule has 20 heavy (non-hydrogen) atoms. The molecular weight excluding hydrogens is 274 g/mol. The van der Waals surface area contributed by atoms with Crippen LogP contribution in [0, 0.1) is 0 Å². The average Bonchev–Trinajstić information content (AvgIpc) is 2.77. The van der Waals surface area contributed by atoms with E-state index in [1.807, 2.05) is 12.1 Å². The van der Waals surface area contributed by atoms with Crippen molar-refractivity contribution >= 4 is 33.1 Å². The Morgan fingerprint density at radius 2 is 1.85 bits per heavy atom. The summed E-state index contributed by atoms with van der Waals surface area (Å²) in [6.07, 6.45) is 0. The molecule has 0 saturated heterocycles. The van der Waals surface area contributed by atoms with Crippen LogP contribution in [0.5, 0.6) is 5.75 Å². The number of amides is 1. The number of rotatable bonds is 2. The van der Waals surface area contributed by atoms with E-state index in [-0.39, 0.29) is 5.75 Å². The van der Waals surface area contributed by atoms with E-state index < -0.39 is 5.91 Å². The number of anilines is 1. The first-order valence-corrected chi connectivity index (χ1v) is 6.66. The number of thiophene rings is 1. The standard InChI is InChI=1S/C14H11N3O2S/c15-11-9-5-6-10(7-1-3-8(18)4-2-7)17-14(9)20-12(11)13(16)19/h1-6,18H,15H2,(H2,16,19). The summed E-state index contributed by atoms with van der Waals surface area (Å²) in [6, 6.07) is 10.4. The van der Waals surface area contributed by atoms with E-state index in [1.54, 1.807) is 24.3 Å². The van der Waals surface area contributed by atoms with E-state index in [1.165, 1.54) is 11.3 Å². The van der Waals surface area contributed by atoms with Crippen LogP contribution in [0.3, 0.4) is 0 Å². The lowest BCUT2D eigenvalue weighted by molar-refractivity contribution is 0.100. The topological polar surface area (TPSA) is 102 Å². The molecule has 0 aliphatic heterocycles. The molecule has 3 aromatic rings. The Kier molecular flexibility index (Phi) is 2.80. The zero-order valence-electron chi connectivity index (χ0n) is 10.3. The van der Waals surface area contributed by atoms with Crippen molar-refractivity contribution in [3.63, 3.8) is 0 Å². The quantitative estimate of drug-likeness (QED) is 0.672. The van der Waals surface area contributed by atoms with Gasteiger partial charge >= 0.3 is 0 Å². The first-order chi connectivity index (χ1) is 9.56. The third-order valence-corrected chi connectivity index (χ3v) is 4.11. The SMILES string of the molecule is NC(=O)c1sc2nc(-c3ccc(O)cc3)ccc2c1N. The first kappa shape index (κ1) is 12.4. The van der Waals surface area contributed by atoms with Crippen molar-refractivity contribution in [1.29, 1.82) is 0 Å². The summed E-state index contributed by atoms with van der Waals surface area (Å²) < 4.78 is 0. The van der Waals surface area contributed by atoms with Gasteiger partial charge in [-0.3, -0.25) is 4.79 Å².